The summed E-state index contributed by atoms with van der Waals surface area (Å²) in [5.74, 6) is 0.271. The van der Waals surface area contributed by atoms with Gasteiger partial charge in [-0.3, -0.25) is 9.59 Å². The Morgan fingerprint density at radius 1 is 1.14 bits per heavy atom. The van der Waals surface area contributed by atoms with E-state index in [-0.39, 0.29) is 29.3 Å². The summed E-state index contributed by atoms with van der Waals surface area (Å²) < 4.78 is 0. The van der Waals surface area contributed by atoms with Gasteiger partial charge in [-0.15, -0.1) is 0 Å². The Hall–Kier alpha value is -1.06. The van der Waals surface area contributed by atoms with Crippen molar-refractivity contribution >= 4 is 11.8 Å². The third-order valence-corrected chi connectivity index (χ3v) is 6.03. The molecule has 1 aliphatic heterocycles. The van der Waals surface area contributed by atoms with Gasteiger partial charge in [-0.1, -0.05) is 40.0 Å². The number of carbonyl (C=O) groups is 2. The van der Waals surface area contributed by atoms with E-state index < -0.39 is 5.54 Å². The zero-order chi connectivity index (χ0) is 15.3. The molecule has 118 valence electrons. The summed E-state index contributed by atoms with van der Waals surface area (Å²) in [5.41, 5.74) is -0.456. The highest BCUT2D eigenvalue weighted by molar-refractivity contribution is 6.00. The molecule has 2 saturated carbocycles. The molecule has 2 amide bonds. The number of hydrogen-bond acceptors (Lipinski definition) is 2. The standard InChI is InChI=1S/C17H28N2O2/c1-4-12-14(20)18-17(10-5-6-11-17)15(21)19(12)13-8-7-9-16(13,2)3/h12-13H,4-11H2,1-3H3,(H,18,20). The first-order chi connectivity index (χ1) is 9.91. The second-order valence-electron chi connectivity index (χ2n) is 7.81. The average Bonchev–Trinajstić information content (AvgIpc) is 3.01. The molecule has 0 aromatic heterocycles. The van der Waals surface area contributed by atoms with Crippen LogP contribution in [0.5, 0.6) is 0 Å². The number of nitrogens with zero attached hydrogens (tertiary/aromatic N) is 1. The highest BCUT2D eigenvalue weighted by Gasteiger charge is 2.55. The van der Waals surface area contributed by atoms with Crippen LogP contribution in [0.4, 0.5) is 0 Å². The lowest BCUT2D eigenvalue weighted by Crippen LogP contribution is -2.72. The quantitative estimate of drug-likeness (QED) is 0.850. The van der Waals surface area contributed by atoms with Crippen molar-refractivity contribution in [3.05, 3.63) is 0 Å². The van der Waals surface area contributed by atoms with Crippen molar-refractivity contribution in [1.29, 1.82) is 0 Å². The summed E-state index contributed by atoms with van der Waals surface area (Å²) in [7, 11) is 0. The lowest BCUT2D eigenvalue weighted by atomic mass is 9.82. The SMILES string of the molecule is CCC1C(=O)NC2(CCCC2)C(=O)N1C1CCCC1(C)C. The van der Waals surface area contributed by atoms with Crippen molar-refractivity contribution in [2.45, 2.75) is 89.8 Å². The van der Waals surface area contributed by atoms with E-state index in [1.165, 1.54) is 0 Å². The highest BCUT2D eigenvalue weighted by atomic mass is 16.2. The molecule has 2 aliphatic carbocycles. The maximum absolute atomic E-state index is 13.3. The smallest absolute Gasteiger partial charge is 0.249 e. The monoisotopic (exact) mass is 292 g/mol. The fraction of sp³-hybridized carbons (Fsp3) is 0.882. The molecule has 1 saturated heterocycles. The molecule has 21 heavy (non-hydrogen) atoms. The molecule has 3 rings (SSSR count). The molecular weight excluding hydrogens is 264 g/mol. The van der Waals surface area contributed by atoms with Crippen LogP contribution in [0.15, 0.2) is 0 Å². The van der Waals surface area contributed by atoms with Crippen molar-refractivity contribution in [2.24, 2.45) is 5.41 Å². The van der Waals surface area contributed by atoms with Crippen LogP contribution in [0.3, 0.4) is 0 Å². The van der Waals surface area contributed by atoms with Crippen molar-refractivity contribution in [3.63, 3.8) is 0 Å². The van der Waals surface area contributed by atoms with Gasteiger partial charge in [-0.25, -0.2) is 0 Å². The molecule has 4 heteroatoms. The van der Waals surface area contributed by atoms with Gasteiger partial charge >= 0.3 is 0 Å². The number of hydrogen-bond donors (Lipinski definition) is 1. The van der Waals surface area contributed by atoms with E-state index in [4.69, 9.17) is 0 Å². The number of piperazine rings is 1. The van der Waals surface area contributed by atoms with E-state index in [9.17, 15) is 9.59 Å². The second kappa shape index (κ2) is 4.99. The maximum atomic E-state index is 13.3. The molecule has 0 aromatic rings. The molecule has 2 atom stereocenters. The molecule has 0 radical (unpaired) electrons. The molecule has 2 unspecified atom stereocenters. The first-order valence-electron chi connectivity index (χ1n) is 8.56. The summed E-state index contributed by atoms with van der Waals surface area (Å²) in [6.07, 6.45) is 7.78. The van der Waals surface area contributed by atoms with Crippen LogP contribution in [0.1, 0.15) is 72.1 Å². The van der Waals surface area contributed by atoms with E-state index >= 15 is 0 Å². The topological polar surface area (TPSA) is 49.4 Å². The molecule has 4 nitrogen and oxygen atoms in total. The number of rotatable bonds is 2. The van der Waals surface area contributed by atoms with E-state index in [1.54, 1.807) is 0 Å². The summed E-state index contributed by atoms with van der Waals surface area (Å²) >= 11 is 0. The maximum Gasteiger partial charge on any atom is 0.249 e. The van der Waals surface area contributed by atoms with Gasteiger partial charge in [0.25, 0.3) is 0 Å². The van der Waals surface area contributed by atoms with Gasteiger partial charge in [0.15, 0.2) is 0 Å². The number of carbonyl (C=O) groups excluding carboxylic acids is 2. The minimum Gasteiger partial charge on any atom is -0.340 e. The fourth-order valence-electron chi connectivity index (χ4n) is 4.77. The Balaban J connectivity index is 1.97. The van der Waals surface area contributed by atoms with E-state index in [1.807, 2.05) is 11.8 Å². The summed E-state index contributed by atoms with van der Waals surface area (Å²) in [4.78, 5) is 27.9. The van der Waals surface area contributed by atoms with E-state index in [0.717, 1.165) is 44.9 Å². The molecular formula is C17H28N2O2. The van der Waals surface area contributed by atoms with Gasteiger partial charge in [0.1, 0.15) is 11.6 Å². The lowest BCUT2D eigenvalue weighted by molar-refractivity contribution is -0.160. The van der Waals surface area contributed by atoms with E-state index in [0.29, 0.717) is 6.42 Å². The van der Waals surface area contributed by atoms with Crippen molar-refractivity contribution in [1.82, 2.24) is 10.2 Å². The van der Waals surface area contributed by atoms with Crippen LogP contribution >= 0.6 is 0 Å². The highest BCUT2D eigenvalue weighted by Crippen LogP contribution is 2.45. The predicted molar refractivity (Wildman–Crippen MR) is 81.7 cm³/mol. The first kappa shape index (κ1) is 14.9. The Labute approximate surface area is 127 Å². The molecule has 1 spiro atoms. The van der Waals surface area contributed by atoms with Gasteiger partial charge in [-0.2, -0.15) is 0 Å². The largest absolute Gasteiger partial charge is 0.340 e. The molecule has 1 heterocycles. The van der Waals surface area contributed by atoms with Gasteiger partial charge in [-0.05, 0) is 37.5 Å². The Morgan fingerprint density at radius 2 is 1.81 bits per heavy atom. The summed E-state index contributed by atoms with van der Waals surface area (Å²) in [6, 6.07) is -0.0513. The molecule has 3 aliphatic rings. The van der Waals surface area contributed by atoms with Crippen LogP contribution < -0.4 is 5.32 Å². The normalized spacial score (nSPS) is 34.5. The Morgan fingerprint density at radius 3 is 2.33 bits per heavy atom. The minimum absolute atomic E-state index is 0.0710. The Bertz CT molecular complexity index is 452. The van der Waals surface area contributed by atoms with Crippen molar-refractivity contribution in [3.8, 4) is 0 Å². The zero-order valence-corrected chi connectivity index (χ0v) is 13.6. The third-order valence-electron chi connectivity index (χ3n) is 6.03. The van der Waals surface area contributed by atoms with Crippen LogP contribution in [0, 0.1) is 5.41 Å². The number of amides is 2. The van der Waals surface area contributed by atoms with Crippen LogP contribution in [0.25, 0.3) is 0 Å². The minimum atomic E-state index is -0.582. The Kier molecular flexibility index (Phi) is 3.53. The molecule has 3 fully saturated rings. The zero-order valence-electron chi connectivity index (χ0n) is 13.6. The fourth-order valence-corrected chi connectivity index (χ4v) is 4.77. The van der Waals surface area contributed by atoms with Crippen LogP contribution in [-0.2, 0) is 9.59 Å². The first-order valence-corrected chi connectivity index (χ1v) is 8.56. The van der Waals surface area contributed by atoms with Gasteiger partial charge in [0.05, 0.1) is 0 Å². The summed E-state index contributed by atoms with van der Waals surface area (Å²) in [6.45, 7) is 6.51. The molecule has 0 aromatic carbocycles. The van der Waals surface area contributed by atoms with Gasteiger partial charge in [0, 0.05) is 6.04 Å². The van der Waals surface area contributed by atoms with Crippen molar-refractivity contribution in [2.75, 3.05) is 0 Å². The van der Waals surface area contributed by atoms with Gasteiger partial charge < -0.3 is 10.2 Å². The van der Waals surface area contributed by atoms with Crippen LogP contribution in [-0.4, -0.2) is 34.3 Å². The predicted octanol–water partition coefficient (Wildman–Crippen LogP) is 2.61. The molecule has 0 bridgehead atoms. The summed E-state index contributed by atoms with van der Waals surface area (Å²) in [5, 5.41) is 3.09. The van der Waals surface area contributed by atoms with Gasteiger partial charge in [0.2, 0.25) is 11.8 Å². The molecule has 1 N–H and O–H groups in total. The van der Waals surface area contributed by atoms with Crippen LogP contribution in [0.2, 0.25) is 0 Å². The third kappa shape index (κ3) is 2.18. The average molecular weight is 292 g/mol. The van der Waals surface area contributed by atoms with Crippen molar-refractivity contribution < 1.29 is 9.59 Å². The lowest BCUT2D eigenvalue weighted by Gasteiger charge is -2.49. The number of nitrogens with one attached hydrogen (secondary N) is 1. The van der Waals surface area contributed by atoms with E-state index in [2.05, 4.69) is 19.2 Å². The second-order valence-corrected chi connectivity index (χ2v) is 7.81.